The third kappa shape index (κ3) is 2.23. The molecule has 0 unspecified atom stereocenters. The zero-order valence-corrected chi connectivity index (χ0v) is 11.7. The van der Waals surface area contributed by atoms with E-state index in [1.54, 1.807) is 0 Å². The van der Waals surface area contributed by atoms with E-state index in [4.69, 9.17) is 4.98 Å². The lowest BCUT2D eigenvalue weighted by atomic mass is 10.1. The number of para-hydroxylation sites is 3. The van der Waals surface area contributed by atoms with E-state index < -0.39 is 0 Å². The highest BCUT2D eigenvalue weighted by molar-refractivity contribution is 5.77. The van der Waals surface area contributed by atoms with Gasteiger partial charge in [-0.1, -0.05) is 30.3 Å². The van der Waals surface area contributed by atoms with Crippen LogP contribution >= 0.6 is 0 Å². The number of rotatable bonds is 1. The molecule has 2 aromatic carbocycles. The molecule has 1 aliphatic heterocycles. The van der Waals surface area contributed by atoms with Gasteiger partial charge in [0.2, 0.25) is 0 Å². The molecule has 0 saturated heterocycles. The van der Waals surface area contributed by atoms with E-state index in [2.05, 4.69) is 39.5 Å². The van der Waals surface area contributed by atoms with Crippen LogP contribution in [0, 0.1) is 0 Å². The molecule has 4 rings (SSSR count). The van der Waals surface area contributed by atoms with Crippen LogP contribution in [0.15, 0.2) is 54.7 Å². The molecule has 21 heavy (non-hydrogen) atoms. The Morgan fingerprint density at radius 3 is 2.71 bits per heavy atom. The standard InChI is InChI=1S/C17H16N4/c1-4-8-16-13(5-1)11-18-9-10-21(16)17-12-19-14-6-2-3-7-15(14)20-17/h1-8,12,18H,9-11H2. The van der Waals surface area contributed by atoms with Gasteiger partial charge < -0.3 is 10.2 Å². The molecule has 1 aliphatic rings. The molecule has 104 valence electrons. The van der Waals surface area contributed by atoms with Crippen LogP contribution in [0.25, 0.3) is 11.0 Å². The maximum Gasteiger partial charge on any atom is 0.152 e. The van der Waals surface area contributed by atoms with E-state index in [1.807, 2.05) is 30.5 Å². The second-order valence-corrected chi connectivity index (χ2v) is 5.17. The predicted octanol–water partition coefficient (Wildman–Crippen LogP) is 2.87. The fourth-order valence-corrected chi connectivity index (χ4v) is 2.77. The van der Waals surface area contributed by atoms with Crippen molar-refractivity contribution >= 4 is 22.5 Å². The molecule has 0 fully saturated rings. The minimum atomic E-state index is 0.893. The van der Waals surface area contributed by atoms with E-state index in [9.17, 15) is 0 Å². The van der Waals surface area contributed by atoms with Crippen LogP contribution < -0.4 is 10.2 Å². The SMILES string of the molecule is c1ccc2c(c1)CNCCN2c1cnc2ccccc2n1. The Hall–Kier alpha value is -2.46. The van der Waals surface area contributed by atoms with Gasteiger partial charge >= 0.3 is 0 Å². The molecule has 1 aromatic heterocycles. The molecule has 0 atom stereocenters. The summed E-state index contributed by atoms with van der Waals surface area (Å²) >= 11 is 0. The summed E-state index contributed by atoms with van der Waals surface area (Å²) < 4.78 is 0. The van der Waals surface area contributed by atoms with Crippen molar-refractivity contribution in [2.45, 2.75) is 6.54 Å². The summed E-state index contributed by atoms with van der Waals surface area (Å²) in [5.74, 6) is 0.907. The Labute approximate surface area is 123 Å². The van der Waals surface area contributed by atoms with Crippen LogP contribution in [0.5, 0.6) is 0 Å². The summed E-state index contributed by atoms with van der Waals surface area (Å²) in [6.07, 6.45) is 1.87. The first-order valence-electron chi connectivity index (χ1n) is 7.20. The van der Waals surface area contributed by atoms with Gasteiger partial charge in [-0.2, -0.15) is 0 Å². The van der Waals surface area contributed by atoms with Crippen molar-refractivity contribution in [3.63, 3.8) is 0 Å². The van der Waals surface area contributed by atoms with E-state index in [0.717, 1.165) is 36.5 Å². The topological polar surface area (TPSA) is 41.0 Å². The van der Waals surface area contributed by atoms with Gasteiger partial charge in [-0.05, 0) is 23.8 Å². The summed E-state index contributed by atoms with van der Waals surface area (Å²) in [5, 5.41) is 3.45. The largest absolute Gasteiger partial charge is 0.324 e. The summed E-state index contributed by atoms with van der Waals surface area (Å²) in [4.78, 5) is 11.6. The first-order chi connectivity index (χ1) is 10.4. The minimum Gasteiger partial charge on any atom is -0.324 e. The zero-order valence-electron chi connectivity index (χ0n) is 11.7. The summed E-state index contributed by atoms with van der Waals surface area (Å²) in [6.45, 7) is 2.72. The minimum absolute atomic E-state index is 0.893. The normalized spacial score (nSPS) is 14.8. The van der Waals surface area contributed by atoms with E-state index >= 15 is 0 Å². The second-order valence-electron chi connectivity index (χ2n) is 5.17. The van der Waals surface area contributed by atoms with Crippen molar-refractivity contribution < 1.29 is 0 Å². The molecule has 4 nitrogen and oxygen atoms in total. The van der Waals surface area contributed by atoms with Gasteiger partial charge in [-0.15, -0.1) is 0 Å². The monoisotopic (exact) mass is 276 g/mol. The van der Waals surface area contributed by atoms with Crippen molar-refractivity contribution in [2.75, 3.05) is 18.0 Å². The molecule has 4 heteroatoms. The fourth-order valence-electron chi connectivity index (χ4n) is 2.77. The van der Waals surface area contributed by atoms with Crippen molar-refractivity contribution in [1.82, 2.24) is 15.3 Å². The molecular formula is C17H16N4. The first-order valence-corrected chi connectivity index (χ1v) is 7.20. The number of fused-ring (bicyclic) bond motifs is 2. The third-order valence-electron chi connectivity index (χ3n) is 3.82. The Balaban J connectivity index is 1.84. The molecule has 0 radical (unpaired) electrons. The highest BCUT2D eigenvalue weighted by Crippen LogP contribution is 2.28. The lowest BCUT2D eigenvalue weighted by Crippen LogP contribution is -2.25. The second kappa shape index (κ2) is 5.14. The molecule has 2 heterocycles. The number of anilines is 2. The Morgan fingerprint density at radius 1 is 0.952 bits per heavy atom. The van der Waals surface area contributed by atoms with Crippen LogP contribution in [0.4, 0.5) is 11.5 Å². The van der Waals surface area contributed by atoms with Crippen LogP contribution in [-0.2, 0) is 6.54 Å². The van der Waals surface area contributed by atoms with Gasteiger partial charge in [-0.25, -0.2) is 4.98 Å². The summed E-state index contributed by atoms with van der Waals surface area (Å²) in [6, 6.07) is 16.5. The average Bonchev–Trinajstić information content (AvgIpc) is 2.77. The number of nitrogens with one attached hydrogen (secondary N) is 1. The van der Waals surface area contributed by atoms with Gasteiger partial charge in [0, 0.05) is 25.3 Å². The maximum atomic E-state index is 4.78. The lowest BCUT2D eigenvalue weighted by molar-refractivity contribution is 0.711. The molecule has 0 amide bonds. The average molecular weight is 276 g/mol. The number of benzene rings is 2. The van der Waals surface area contributed by atoms with Gasteiger partial charge in [0.1, 0.15) is 0 Å². The molecule has 3 aromatic rings. The Morgan fingerprint density at radius 2 is 1.76 bits per heavy atom. The zero-order chi connectivity index (χ0) is 14.1. The Bertz CT molecular complexity index is 784. The van der Waals surface area contributed by atoms with Crippen LogP contribution in [0.3, 0.4) is 0 Å². The summed E-state index contributed by atoms with van der Waals surface area (Å²) in [5.41, 5.74) is 4.38. The van der Waals surface area contributed by atoms with E-state index in [1.165, 1.54) is 11.3 Å². The van der Waals surface area contributed by atoms with Gasteiger partial charge in [-0.3, -0.25) is 4.98 Å². The quantitative estimate of drug-likeness (QED) is 0.742. The highest BCUT2D eigenvalue weighted by Gasteiger charge is 2.17. The number of hydrogen-bond donors (Lipinski definition) is 1. The van der Waals surface area contributed by atoms with Gasteiger partial charge in [0.15, 0.2) is 5.82 Å². The van der Waals surface area contributed by atoms with Crippen LogP contribution in [0.1, 0.15) is 5.56 Å². The van der Waals surface area contributed by atoms with E-state index in [0.29, 0.717) is 0 Å². The Kier molecular flexibility index (Phi) is 3.01. The molecule has 0 aliphatic carbocycles. The highest BCUT2D eigenvalue weighted by atomic mass is 15.2. The number of hydrogen-bond acceptors (Lipinski definition) is 4. The molecular weight excluding hydrogens is 260 g/mol. The van der Waals surface area contributed by atoms with Gasteiger partial charge in [0.05, 0.1) is 17.2 Å². The van der Waals surface area contributed by atoms with Crippen LogP contribution in [-0.4, -0.2) is 23.1 Å². The van der Waals surface area contributed by atoms with Crippen molar-refractivity contribution in [3.8, 4) is 0 Å². The predicted molar refractivity (Wildman–Crippen MR) is 84.7 cm³/mol. The molecule has 0 saturated carbocycles. The third-order valence-corrected chi connectivity index (χ3v) is 3.82. The number of nitrogens with zero attached hydrogens (tertiary/aromatic N) is 3. The van der Waals surface area contributed by atoms with Crippen molar-refractivity contribution in [3.05, 3.63) is 60.3 Å². The molecule has 1 N–H and O–H groups in total. The van der Waals surface area contributed by atoms with Crippen molar-refractivity contribution in [1.29, 1.82) is 0 Å². The van der Waals surface area contributed by atoms with Crippen LogP contribution in [0.2, 0.25) is 0 Å². The smallest absolute Gasteiger partial charge is 0.152 e. The first kappa shape index (κ1) is 12.3. The summed E-state index contributed by atoms with van der Waals surface area (Å²) in [7, 11) is 0. The number of aromatic nitrogens is 2. The van der Waals surface area contributed by atoms with Gasteiger partial charge in [0.25, 0.3) is 0 Å². The fraction of sp³-hybridized carbons (Fsp3) is 0.176. The van der Waals surface area contributed by atoms with E-state index in [-0.39, 0.29) is 0 Å². The molecule has 0 bridgehead atoms. The maximum absolute atomic E-state index is 4.78. The molecule has 0 spiro atoms. The van der Waals surface area contributed by atoms with Crippen molar-refractivity contribution in [2.24, 2.45) is 0 Å². The lowest BCUT2D eigenvalue weighted by Gasteiger charge is -2.23.